The molecule has 0 aliphatic carbocycles. The first kappa shape index (κ1) is 9.27. The predicted octanol–water partition coefficient (Wildman–Crippen LogP) is 3.27. The second-order valence-electron chi connectivity index (χ2n) is 3.13. The van der Waals surface area contributed by atoms with Crippen molar-refractivity contribution in [2.45, 2.75) is 32.8 Å². The molecule has 1 rings (SSSR count). The monoisotopic (exact) mass is 163 g/mol. The van der Waals surface area contributed by atoms with Crippen molar-refractivity contribution in [1.82, 2.24) is 0 Å². The fourth-order valence-corrected chi connectivity index (χ4v) is 1.37. The van der Waals surface area contributed by atoms with Gasteiger partial charge in [-0.05, 0) is 24.5 Å². The lowest BCUT2D eigenvalue weighted by Gasteiger charge is -2.09. The van der Waals surface area contributed by atoms with Gasteiger partial charge in [0, 0.05) is 0 Å². The standard InChI is InChI=1S/C11H15O/c1-3-6-11(12)10-8-5-4-7-9(10)2/h4-5,7-8,11H,3,6H2,1-2H3. The van der Waals surface area contributed by atoms with E-state index in [1.807, 2.05) is 38.1 Å². The van der Waals surface area contributed by atoms with Crippen LogP contribution in [0.4, 0.5) is 0 Å². The summed E-state index contributed by atoms with van der Waals surface area (Å²) in [6.45, 7) is 4.04. The molecule has 1 radical (unpaired) electrons. The number of benzene rings is 1. The number of hydrogen-bond acceptors (Lipinski definition) is 0. The van der Waals surface area contributed by atoms with Crippen molar-refractivity contribution in [2.24, 2.45) is 0 Å². The zero-order chi connectivity index (χ0) is 8.97. The van der Waals surface area contributed by atoms with Crippen LogP contribution in [0, 0.1) is 6.92 Å². The van der Waals surface area contributed by atoms with Gasteiger partial charge in [-0.15, -0.1) is 0 Å². The topological polar surface area (TPSA) is 19.9 Å². The third kappa shape index (κ3) is 2.08. The highest BCUT2D eigenvalue weighted by atomic mass is 16.3. The van der Waals surface area contributed by atoms with Gasteiger partial charge in [-0.25, -0.2) is 5.11 Å². The molecule has 0 spiro atoms. The molecule has 1 atom stereocenters. The second kappa shape index (κ2) is 4.27. The molecule has 0 amide bonds. The third-order valence-electron chi connectivity index (χ3n) is 2.09. The van der Waals surface area contributed by atoms with E-state index >= 15 is 0 Å². The SMILES string of the molecule is CCCC([O])c1ccccc1C. The van der Waals surface area contributed by atoms with Crippen LogP contribution in [0.3, 0.4) is 0 Å². The third-order valence-corrected chi connectivity index (χ3v) is 2.09. The molecule has 65 valence electrons. The van der Waals surface area contributed by atoms with Crippen LogP contribution in [0.5, 0.6) is 0 Å². The van der Waals surface area contributed by atoms with E-state index in [2.05, 4.69) is 0 Å². The zero-order valence-electron chi connectivity index (χ0n) is 7.71. The van der Waals surface area contributed by atoms with E-state index < -0.39 is 6.10 Å². The normalized spacial score (nSPS) is 12.9. The van der Waals surface area contributed by atoms with Crippen molar-refractivity contribution < 1.29 is 5.11 Å². The lowest BCUT2D eigenvalue weighted by molar-refractivity contribution is 0.0800. The van der Waals surface area contributed by atoms with E-state index in [0.29, 0.717) is 0 Å². The Labute approximate surface area is 74.1 Å². The van der Waals surface area contributed by atoms with Crippen LogP contribution >= 0.6 is 0 Å². The fraction of sp³-hybridized carbons (Fsp3) is 0.455. The van der Waals surface area contributed by atoms with E-state index in [9.17, 15) is 5.11 Å². The highest BCUT2D eigenvalue weighted by Gasteiger charge is 2.09. The summed E-state index contributed by atoms with van der Waals surface area (Å²) in [5.74, 6) is 0. The molecule has 0 bridgehead atoms. The van der Waals surface area contributed by atoms with Gasteiger partial charge in [0.15, 0.2) is 0 Å². The summed E-state index contributed by atoms with van der Waals surface area (Å²) >= 11 is 0. The molecule has 1 heteroatoms. The quantitative estimate of drug-likeness (QED) is 0.651. The largest absolute Gasteiger partial charge is 0.228 e. The van der Waals surface area contributed by atoms with Gasteiger partial charge >= 0.3 is 0 Å². The van der Waals surface area contributed by atoms with Crippen molar-refractivity contribution in [1.29, 1.82) is 0 Å². The van der Waals surface area contributed by atoms with Crippen LogP contribution in [0.2, 0.25) is 0 Å². The van der Waals surface area contributed by atoms with Crippen LogP contribution in [-0.2, 0) is 5.11 Å². The molecule has 0 aliphatic heterocycles. The molecule has 0 saturated carbocycles. The van der Waals surface area contributed by atoms with E-state index in [4.69, 9.17) is 0 Å². The first-order chi connectivity index (χ1) is 5.75. The smallest absolute Gasteiger partial charge is 0.118 e. The second-order valence-corrected chi connectivity index (χ2v) is 3.13. The molecular weight excluding hydrogens is 148 g/mol. The Morgan fingerprint density at radius 2 is 2.00 bits per heavy atom. The highest BCUT2D eigenvalue weighted by Crippen LogP contribution is 2.21. The molecule has 1 unspecified atom stereocenters. The van der Waals surface area contributed by atoms with Gasteiger partial charge in [-0.2, -0.15) is 0 Å². The van der Waals surface area contributed by atoms with Crippen molar-refractivity contribution in [3.8, 4) is 0 Å². The zero-order valence-corrected chi connectivity index (χ0v) is 7.71. The van der Waals surface area contributed by atoms with Crippen molar-refractivity contribution >= 4 is 0 Å². The number of aryl methyl sites for hydroxylation is 1. The van der Waals surface area contributed by atoms with Crippen molar-refractivity contribution in [2.75, 3.05) is 0 Å². The first-order valence-electron chi connectivity index (χ1n) is 4.47. The first-order valence-corrected chi connectivity index (χ1v) is 4.47. The molecule has 1 aromatic carbocycles. The van der Waals surface area contributed by atoms with Gasteiger partial charge in [0.1, 0.15) is 6.10 Å². The molecule has 0 fully saturated rings. The summed E-state index contributed by atoms with van der Waals surface area (Å²) in [6, 6.07) is 7.83. The molecule has 0 N–H and O–H groups in total. The van der Waals surface area contributed by atoms with Crippen molar-refractivity contribution in [3.63, 3.8) is 0 Å². The Morgan fingerprint density at radius 1 is 1.33 bits per heavy atom. The van der Waals surface area contributed by atoms with Gasteiger partial charge in [-0.3, -0.25) is 0 Å². The Hall–Kier alpha value is -0.820. The van der Waals surface area contributed by atoms with Crippen molar-refractivity contribution in [3.05, 3.63) is 35.4 Å². The number of hydrogen-bond donors (Lipinski definition) is 0. The Bertz CT molecular complexity index is 243. The lowest BCUT2D eigenvalue weighted by atomic mass is 10.0. The Balaban J connectivity index is 2.79. The molecule has 1 aromatic rings. The minimum atomic E-state index is -0.531. The van der Waals surface area contributed by atoms with Gasteiger partial charge in [-0.1, -0.05) is 37.6 Å². The summed E-state index contributed by atoms with van der Waals surface area (Å²) in [5.41, 5.74) is 2.07. The summed E-state index contributed by atoms with van der Waals surface area (Å²) in [4.78, 5) is 0. The van der Waals surface area contributed by atoms with Crippen LogP contribution in [-0.4, -0.2) is 0 Å². The van der Waals surface area contributed by atoms with Gasteiger partial charge < -0.3 is 0 Å². The molecule has 0 aromatic heterocycles. The van der Waals surface area contributed by atoms with Crippen LogP contribution in [0.15, 0.2) is 24.3 Å². The summed E-state index contributed by atoms with van der Waals surface area (Å²) < 4.78 is 0. The maximum absolute atomic E-state index is 11.5. The van der Waals surface area contributed by atoms with Crippen LogP contribution in [0.25, 0.3) is 0 Å². The minimum Gasteiger partial charge on any atom is -0.228 e. The van der Waals surface area contributed by atoms with Gasteiger partial charge in [0.05, 0.1) is 0 Å². The Morgan fingerprint density at radius 3 is 2.58 bits per heavy atom. The maximum atomic E-state index is 11.5. The number of rotatable bonds is 3. The van der Waals surface area contributed by atoms with E-state index in [-0.39, 0.29) is 0 Å². The maximum Gasteiger partial charge on any atom is 0.118 e. The molecule has 0 saturated heterocycles. The van der Waals surface area contributed by atoms with Gasteiger partial charge in [0.25, 0.3) is 0 Å². The molecule has 0 heterocycles. The van der Waals surface area contributed by atoms with E-state index in [1.54, 1.807) is 0 Å². The Kier molecular flexibility index (Phi) is 3.30. The molecular formula is C11H15O. The average Bonchev–Trinajstić information content (AvgIpc) is 2.05. The minimum absolute atomic E-state index is 0.531. The van der Waals surface area contributed by atoms with Crippen LogP contribution < -0.4 is 0 Å². The summed E-state index contributed by atoms with van der Waals surface area (Å²) in [6.07, 6.45) is 1.17. The van der Waals surface area contributed by atoms with E-state index in [1.165, 1.54) is 0 Å². The summed E-state index contributed by atoms with van der Waals surface area (Å²) in [7, 11) is 0. The average molecular weight is 163 g/mol. The molecule has 12 heavy (non-hydrogen) atoms. The molecule has 1 nitrogen and oxygen atoms in total. The van der Waals surface area contributed by atoms with E-state index in [0.717, 1.165) is 24.0 Å². The fourth-order valence-electron chi connectivity index (χ4n) is 1.37. The van der Waals surface area contributed by atoms with Crippen LogP contribution in [0.1, 0.15) is 37.0 Å². The highest BCUT2D eigenvalue weighted by molar-refractivity contribution is 5.27. The summed E-state index contributed by atoms with van der Waals surface area (Å²) in [5, 5.41) is 11.5. The lowest BCUT2D eigenvalue weighted by Crippen LogP contribution is -1.97. The predicted molar refractivity (Wildman–Crippen MR) is 49.5 cm³/mol. The molecule has 0 aliphatic rings. The van der Waals surface area contributed by atoms with Gasteiger partial charge in [0.2, 0.25) is 0 Å².